The monoisotopic (exact) mass is 255 g/mol. The normalized spacial score (nSPS) is 16.6. The summed E-state index contributed by atoms with van der Waals surface area (Å²) < 4.78 is 24.3. The van der Waals surface area contributed by atoms with Gasteiger partial charge in [0, 0.05) is 19.4 Å². The number of nitrogens with one attached hydrogen (secondary N) is 1. The van der Waals surface area contributed by atoms with E-state index in [0.717, 1.165) is 32.0 Å². The van der Waals surface area contributed by atoms with E-state index >= 15 is 0 Å². The van der Waals surface area contributed by atoms with Crippen LogP contribution in [0, 0.1) is 5.82 Å². The predicted molar refractivity (Wildman–Crippen MR) is 65.2 cm³/mol. The van der Waals surface area contributed by atoms with Crippen LogP contribution >= 0.6 is 0 Å². The minimum atomic E-state index is -0.524. The van der Waals surface area contributed by atoms with Gasteiger partial charge in [-0.15, -0.1) is 0 Å². The third kappa shape index (κ3) is 3.53. The molecule has 0 amide bonds. The summed E-state index contributed by atoms with van der Waals surface area (Å²) in [6.45, 7) is 4.09. The first-order valence-electron chi connectivity index (χ1n) is 6.30. The second-order valence-corrected chi connectivity index (χ2v) is 4.20. The van der Waals surface area contributed by atoms with E-state index in [9.17, 15) is 4.39 Å². The van der Waals surface area contributed by atoms with Gasteiger partial charge in [-0.1, -0.05) is 6.92 Å². The molecule has 2 rings (SSSR count). The van der Waals surface area contributed by atoms with E-state index in [1.54, 1.807) is 0 Å². The molecule has 18 heavy (non-hydrogen) atoms. The molecule has 1 aliphatic rings. The number of aromatic nitrogens is 2. The zero-order valence-electron chi connectivity index (χ0n) is 10.5. The highest BCUT2D eigenvalue weighted by Gasteiger charge is 2.18. The average molecular weight is 255 g/mol. The molecule has 1 N–H and O–H groups in total. The molecule has 1 fully saturated rings. The standard InChI is InChI=1S/C12H18FN3O2/c1-2-5-14-12-15-8-10(13)11(16-12)18-9-3-6-17-7-4-9/h8-9H,2-7H2,1H3,(H,14,15,16). The summed E-state index contributed by atoms with van der Waals surface area (Å²) in [5.74, 6) is -0.0978. The summed E-state index contributed by atoms with van der Waals surface area (Å²) in [7, 11) is 0. The Bertz CT molecular complexity index is 384. The fourth-order valence-corrected chi connectivity index (χ4v) is 1.71. The number of ether oxygens (including phenoxy) is 2. The first-order valence-corrected chi connectivity index (χ1v) is 6.30. The van der Waals surface area contributed by atoms with Crippen LogP contribution in [0.5, 0.6) is 5.88 Å². The Labute approximate surface area is 106 Å². The lowest BCUT2D eigenvalue weighted by atomic mass is 10.2. The van der Waals surface area contributed by atoms with Crippen LogP contribution in [0.3, 0.4) is 0 Å². The lowest BCUT2D eigenvalue weighted by Crippen LogP contribution is -2.26. The molecule has 1 aromatic heterocycles. The minimum absolute atomic E-state index is 0.0236. The van der Waals surface area contributed by atoms with Crippen LogP contribution in [0.15, 0.2) is 6.20 Å². The minimum Gasteiger partial charge on any atom is -0.472 e. The van der Waals surface area contributed by atoms with Gasteiger partial charge in [0.05, 0.1) is 19.4 Å². The third-order valence-electron chi connectivity index (χ3n) is 2.69. The van der Waals surface area contributed by atoms with Crippen molar-refractivity contribution in [2.45, 2.75) is 32.3 Å². The summed E-state index contributed by atoms with van der Waals surface area (Å²) >= 11 is 0. The smallest absolute Gasteiger partial charge is 0.255 e. The molecule has 0 saturated carbocycles. The Morgan fingerprint density at radius 3 is 3.00 bits per heavy atom. The summed E-state index contributed by atoms with van der Waals surface area (Å²) in [5.41, 5.74) is 0. The molecule has 0 radical (unpaired) electrons. The van der Waals surface area contributed by atoms with Crippen molar-refractivity contribution in [3.05, 3.63) is 12.0 Å². The van der Waals surface area contributed by atoms with E-state index in [1.807, 2.05) is 6.92 Å². The molecule has 0 atom stereocenters. The SMILES string of the molecule is CCCNc1ncc(F)c(OC2CCOCC2)n1. The fraction of sp³-hybridized carbons (Fsp3) is 0.667. The van der Waals surface area contributed by atoms with Gasteiger partial charge in [0.1, 0.15) is 6.10 Å². The molecular weight excluding hydrogens is 237 g/mol. The van der Waals surface area contributed by atoms with Crippen LogP contribution in [0.1, 0.15) is 26.2 Å². The topological polar surface area (TPSA) is 56.3 Å². The molecule has 2 heterocycles. The van der Waals surface area contributed by atoms with Gasteiger partial charge in [-0.25, -0.2) is 4.98 Å². The van der Waals surface area contributed by atoms with Crippen LogP contribution in [-0.4, -0.2) is 35.8 Å². The van der Waals surface area contributed by atoms with Crippen molar-refractivity contribution in [1.82, 2.24) is 9.97 Å². The van der Waals surface area contributed by atoms with Crippen LogP contribution in [0.25, 0.3) is 0 Å². The molecule has 0 spiro atoms. The largest absolute Gasteiger partial charge is 0.472 e. The molecule has 5 nitrogen and oxygen atoms in total. The van der Waals surface area contributed by atoms with Crippen molar-refractivity contribution >= 4 is 5.95 Å². The zero-order valence-corrected chi connectivity index (χ0v) is 10.5. The number of halogens is 1. The fourth-order valence-electron chi connectivity index (χ4n) is 1.71. The Morgan fingerprint density at radius 2 is 2.28 bits per heavy atom. The van der Waals surface area contributed by atoms with Gasteiger partial charge in [0.2, 0.25) is 11.8 Å². The van der Waals surface area contributed by atoms with Gasteiger partial charge in [-0.2, -0.15) is 9.37 Å². The lowest BCUT2D eigenvalue weighted by Gasteiger charge is -2.22. The summed E-state index contributed by atoms with van der Waals surface area (Å²) in [6, 6.07) is 0. The van der Waals surface area contributed by atoms with Crippen molar-refractivity contribution in [2.24, 2.45) is 0 Å². The lowest BCUT2D eigenvalue weighted by molar-refractivity contribution is 0.0220. The predicted octanol–water partition coefficient (Wildman–Crippen LogP) is 2.00. The van der Waals surface area contributed by atoms with E-state index < -0.39 is 5.82 Å². The molecule has 100 valence electrons. The molecular formula is C12H18FN3O2. The average Bonchev–Trinajstić information content (AvgIpc) is 2.41. The quantitative estimate of drug-likeness (QED) is 0.872. The number of hydrogen-bond donors (Lipinski definition) is 1. The third-order valence-corrected chi connectivity index (χ3v) is 2.69. The Kier molecular flexibility index (Phi) is 4.69. The van der Waals surface area contributed by atoms with Crippen molar-refractivity contribution in [1.29, 1.82) is 0 Å². The van der Waals surface area contributed by atoms with Crippen molar-refractivity contribution in [3.63, 3.8) is 0 Å². The summed E-state index contributed by atoms with van der Waals surface area (Å²) in [4.78, 5) is 7.91. The van der Waals surface area contributed by atoms with Gasteiger partial charge in [-0.3, -0.25) is 0 Å². The molecule has 1 saturated heterocycles. The number of hydrogen-bond acceptors (Lipinski definition) is 5. The summed E-state index contributed by atoms with van der Waals surface area (Å²) in [6.07, 6.45) is 3.60. The highest BCUT2D eigenvalue weighted by molar-refractivity contribution is 5.28. The van der Waals surface area contributed by atoms with Crippen molar-refractivity contribution < 1.29 is 13.9 Å². The molecule has 6 heteroatoms. The maximum atomic E-state index is 13.5. The maximum absolute atomic E-state index is 13.5. The Hall–Kier alpha value is -1.43. The van der Waals surface area contributed by atoms with Gasteiger partial charge >= 0.3 is 0 Å². The molecule has 0 bridgehead atoms. The second kappa shape index (κ2) is 6.49. The first-order chi connectivity index (χ1) is 8.79. The first kappa shape index (κ1) is 13.0. The highest BCUT2D eigenvalue weighted by atomic mass is 19.1. The Balaban J connectivity index is 2.00. The van der Waals surface area contributed by atoms with E-state index in [0.29, 0.717) is 19.2 Å². The molecule has 1 aromatic rings. The maximum Gasteiger partial charge on any atom is 0.255 e. The van der Waals surface area contributed by atoms with Crippen molar-refractivity contribution in [2.75, 3.05) is 25.1 Å². The Morgan fingerprint density at radius 1 is 1.50 bits per heavy atom. The van der Waals surface area contributed by atoms with E-state index in [2.05, 4.69) is 15.3 Å². The zero-order chi connectivity index (χ0) is 12.8. The molecule has 0 unspecified atom stereocenters. The van der Waals surface area contributed by atoms with Gasteiger partial charge in [0.25, 0.3) is 5.88 Å². The molecule has 0 aromatic carbocycles. The van der Waals surface area contributed by atoms with Crippen LogP contribution < -0.4 is 10.1 Å². The van der Waals surface area contributed by atoms with Crippen LogP contribution in [-0.2, 0) is 4.74 Å². The second-order valence-electron chi connectivity index (χ2n) is 4.20. The number of nitrogens with zero attached hydrogens (tertiary/aromatic N) is 2. The summed E-state index contributed by atoms with van der Waals surface area (Å²) in [5, 5.41) is 3.01. The molecule has 1 aliphatic heterocycles. The van der Waals surface area contributed by atoms with Crippen LogP contribution in [0.2, 0.25) is 0 Å². The van der Waals surface area contributed by atoms with Gasteiger partial charge in [0.15, 0.2) is 0 Å². The van der Waals surface area contributed by atoms with Crippen LogP contribution in [0.4, 0.5) is 10.3 Å². The van der Waals surface area contributed by atoms with E-state index in [4.69, 9.17) is 9.47 Å². The number of anilines is 1. The highest BCUT2D eigenvalue weighted by Crippen LogP contribution is 2.19. The molecule has 0 aliphatic carbocycles. The number of rotatable bonds is 5. The van der Waals surface area contributed by atoms with Gasteiger partial charge in [-0.05, 0) is 6.42 Å². The van der Waals surface area contributed by atoms with E-state index in [-0.39, 0.29) is 12.0 Å². The van der Waals surface area contributed by atoms with Gasteiger partial charge < -0.3 is 14.8 Å². The van der Waals surface area contributed by atoms with E-state index in [1.165, 1.54) is 0 Å². The van der Waals surface area contributed by atoms with Crippen molar-refractivity contribution in [3.8, 4) is 5.88 Å².